The maximum Gasteiger partial charge on any atom is 0.326 e. The number of hydrogen-bond acceptors (Lipinski definition) is 5. The summed E-state index contributed by atoms with van der Waals surface area (Å²) in [4.78, 5) is 34.0. The van der Waals surface area contributed by atoms with E-state index < -0.39 is 35.7 Å². The molecule has 1 aliphatic heterocycles. The molecule has 1 fully saturated rings. The van der Waals surface area contributed by atoms with Crippen LogP contribution in [0.5, 0.6) is 0 Å². The number of carboxylic acid groups (broad SMARTS) is 2. The van der Waals surface area contributed by atoms with Gasteiger partial charge < -0.3 is 25.6 Å². The van der Waals surface area contributed by atoms with E-state index in [1.54, 1.807) is 0 Å². The largest absolute Gasteiger partial charge is 0.481 e. The second-order valence-electron chi connectivity index (χ2n) is 4.93. The molecule has 1 rings (SSSR count). The first kappa shape index (κ1) is 16.4. The summed E-state index contributed by atoms with van der Waals surface area (Å²) >= 11 is 0. The maximum absolute atomic E-state index is 12.3. The predicted octanol–water partition coefficient (Wildman–Crippen LogP) is -0.953. The third-order valence-corrected chi connectivity index (χ3v) is 3.45. The molecule has 1 aliphatic rings. The number of aliphatic carboxylic acids is 2. The van der Waals surface area contributed by atoms with Gasteiger partial charge in [0.25, 0.3) is 0 Å². The Labute approximate surface area is 116 Å². The van der Waals surface area contributed by atoms with Crippen LogP contribution in [-0.2, 0) is 19.1 Å². The van der Waals surface area contributed by atoms with Crippen LogP contribution in [0.4, 0.5) is 0 Å². The Bertz CT molecular complexity index is 373. The summed E-state index contributed by atoms with van der Waals surface area (Å²) in [5.41, 5.74) is -0.799. The first-order valence-corrected chi connectivity index (χ1v) is 6.36. The highest BCUT2D eigenvalue weighted by Gasteiger charge is 2.41. The SMILES string of the molecule is COCC1(C(=O)NC(CC(=O)O)C(=O)O)CCNCC1. The Hall–Kier alpha value is -1.67. The van der Waals surface area contributed by atoms with E-state index in [2.05, 4.69) is 10.6 Å². The Balaban J connectivity index is 2.78. The van der Waals surface area contributed by atoms with Gasteiger partial charge in [0.2, 0.25) is 5.91 Å². The third-order valence-electron chi connectivity index (χ3n) is 3.45. The van der Waals surface area contributed by atoms with Crippen LogP contribution in [-0.4, -0.2) is 60.9 Å². The maximum atomic E-state index is 12.3. The molecule has 0 aromatic heterocycles. The molecular formula is C12H20N2O6. The van der Waals surface area contributed by atoms with Crippen LogP contribution >= 0.6 is 0 Å². The molecule has 0 radical (unpaired) electrons. The molecule has 0 aromatic rings. The van der Waals surface area contributed by atoms with Crippen LogP contribution in [0.1, 0.15) is 19.3 Å². The van der Waals surface area contributed by atoms with E-state index in [9.17, 15) is 14.4 Å². The van der Waals surface area contributed by atoms with Crippen LogP contribution in [0, 0.1) is 5.41 Å². The molecule has 0 spiro atoms. The number of piperidine rings is 1. The lowest BCUT2D eigenvalue weighted by molar-refractivity contribution is -0.149. The normalized spacial score (nSPS) is 19.1. The fourth-order valence-corrected chi connectivity index (χ4v) is 2.30. The first-order valence-electron chi connectivity index (χ1n) is 6.36. The first-order chi connectivity index (χ1) is 9.41. The number of nitrogens with one attached hydrogen (secondary N) is 2. The van der Waals surface area contributed by atoms with Gasteiger partial charge in [-0.15, -0.1) is 0 Å². The third kappa shape index (κ3) is 4.17. The van der Waals surface area contributed by atoms with Gasteiger partial charge in [0.05, 0.1) is 18.4 Å². The van der Waals surface area contributed by atoms with Gasteiger partial charge in [0.15, 0.2) is 0 Å². The van der Waals surface area contributed by atoms with Crippen LogP contribution in [0.25, 0.3) is 0 Å². The van der Waals surface area contributed by atoms with Crippen LogP contribution in [0.15, 0.2) is 0 Å². The van der Waals surface area contributed by atoms with Gasteiger partial charge >= 0.3 is 11.9 Å². The van der Waals surface area contributed by atoms with Crippen molar-refractivity contribution in [1.29, 1.82) is 0 Å². The Morgan fingerprint density at radius 3 is 2.35 bits per heavy atom. The van der Waals surface area contributed by atoms with E-state index >= 15 is 0 Å². The minimum Gasteiger partial charge on any atom is -0.481 e. The molecule has 8 heteroatoms. The quantitative estimate of drug-likeness (QED) is 0.476. The number of methoxy groups -OCH3 is 1. The molecule has 20 heavy (non-hydrogen) atoms. The van der Waals surface area contributed by atoms with Crippen molar-refractivity contribution in [3.8, 4) is 0 Å². The van der Waals surface area contributed by atoms with Gasteiger partial charge in [0, 0.05) is 7.11 Å². The molecule has 0 bridgehead atoms. The van der Waals surface area contributed by atoms with Gasteiger partial charge in [-0.3, -0.25) is 9.59 Å². The molecule has 0 aliphatic carbocycles. The zero-order valence-electron chi connectivity index (χ0n) is 11.3. The molecule has 1 atom stereocenters. The van der Waals surface area contributed by atoms with E-state index in [1.165, 1.54) is 7.11 Å². The van der Waals surface area contributed by atoms with Gasteiger partial charge in [0.1, 0.15) is 6.04 Å². The topological polar surface area (TPSA) is 125 Å². The predicted molar refractivity (Wildman–Crippen MR) is 68.2 cm³/mol. The van der Waals surface area contributed by atoms with Crippen molar-refractivity contribution in [2.24, 2.45) is 5.41 Å². The number of carboxylic acids is 2. The number of carbonyl (C=O) groups excluding carboxylic acids is 1. The molecular weight excluding hydrogens is 268 g/mol. The lowest BCUT2D eigenvalue weighted by Gasteiger charge is -2.36. The molecule has 1 amide bonds. The van der Waals surface area contributed by atoms with Gasteiger partial charge in [-0.1, -0.05) is 0 Å². The smallest absolute Gasteiger partial charge is 0.326 e. The zero-order chi connectivity index (χ0) is 15.2. The van der Waals surface area contributed by atoms with Crippen molar-refractivity contribution >= 4 is 17.8 Å². The molecule has 0 aromatic carbocycles. The average molecular weight is 288 g/mol. The summed E-state index contributed by atoms with van der Waals surface area (Å²) in [6, 6.07) is -1.43. The summed E-state index contributed by atoms with van der Waals surface area (Å²) in [6.45, 7) is 1.45. The standard InChI is InChI=1S/C12H20N2O6/c1-20-7-12(2-4-13-5-3-12)11(19)14-8(10(17)18)6-9(15)16/h8,13H,2-7H2,1H3,(H,14,19)(H,15,16)(H,17,18). The van der Waals surface area contributed by atoms with Crippen LogP contribution in [0.2, 0.25) is 0 Å². The summed E-state index contributed by atoms with van der Waals surface area (Å²) in [5, 5.41) is 23.1. The second kappa shape index (κ2) is 7.20. The van der Waals surface area contributed by atoms with Crippen molar-refractivity contribution in [3.63, 3.8) is 0 Å². The summed E-state index contributed by atoms with van der Waals surface area (Å²) in [7, 11) is 1.48. The number of rotatable bonds is 7. The molecule has 1 heterocycles. The highest BCUT2D eigenvalue weighted by atomic mass is 16.5. The van der Waals surface area contributed by atoms with Gasteiger partial charge in [-0.2, -0.15) is 0 Å². The fraction of sp³-hybridized carbons (Fsp3) is 0.750. The molecule has 114 valence electrons. The number of amides is 1. The van der Waals surface area contributed by atoms with Gasteiger partial charge in [-0.25, -0.2) is 4.79 Å². The van der Waals surface area contributed by atoms with Crippen molar-refractivity contribution in [1.82, 2.24) is 10.6 Å². The highest BCUT2D eigenvalue weighted by molar-refractivity contribution is 5.89. The number of carbonyl (C=O) groups is 3. The molecule has 1 saturated heterocycles. The molecule has 0 saturated carbocycles. The lowest BCUT2D eigenvalue weighted by Crippen LogP contribution is -2.54. The van der Waals surface area contributed by atoms with Gasteiger partial charge in [-0.05, 0) is 25.9 Å². The molecule has 1 unspecified atom stereocenters. The van der Waals surface area contributed by atoms with Crippen molar-refractivity contribution < 1.29 is 29.3 Å². The second-order valence-corrected chi connectivity index (χ2v) is 4.93. The highest BCUT2D eigenvalue weighted by Crippen LogP contribution is 2.29. The van der Waals surface area contributed by atoms with Crippen LogP contribution in [0.3, 0.4) is 0 Å². The van der Waals surface area contributed by atoms with E-state index in [-0.39, 0.29) is 6.61 Å². The minimum absolute atomic E-state index is 0.180. The fourth-order valence-electron chi connectivity index (χ4n) is 2.30. The van der Waals surface area contributed by atoms with E-state index in [0.29, 0.717) is 25.9 Å². The van der Waals surface area contributed by atoms with Crippen molar-refractivity contribution in [2.45, 2.75) is 25.3 Å². The zero-order valence-corrected chi connectivity index (χ0v) is 11.3. The average Bonchev–Trinajstić information content (AvgIpc) is 2.38. The number of ether oxygens (including phenoxy) is 1. The van der Waals surface area contributed by atoms with E-state index in [4.69, 9.17) is 14.9 Å². The summed E-state index contributed by atoms with van der Waals surface area (Å²) < 4.78 is 5.08. The summed E-state index contributed by atoms with van der Waals surface area (Å²) in [6.07, 6.45) is 0.389. The van der Waals surface area contributed by atoms with Crippen molar-refractivity contribution in [3.05, 3.63) is 0 Å². The Morgan fingerprint density at radius 2 is 1.90 bits per heavy atom. The minimum atomic E-state index is -1.43. The Morgan fingerprint density at radius 1 is 1.30 bits per heavy atom. The van der Waals surface area contributed by atoms with E-state index in [0.717, 1.165) is 0 Å². The van der Waals surface area contributed by atoms with E-state index in [1.807, 2.05) is 0 Å². The number of hydrogen-bond donors (Lipinski definition) is 4. The Kier molecular flexibility index (Phi) is 5.90. The summed E-state index contributed by atoms with van der Waals surface area (Å²) in [5.74, 6) is -3.10. The molecule has 8 nitrogen and oxygen atoms in total. The molecule has 4 N–H and O–H groups in total. The van der Waals surface area contributed by atoms with Crippen LogP contribution < -0.4 is 10.6 Å². The monoisotopic (exact) mass is 288 g/mol. The van der Waals surface area contributed by atoms with Crippen molar-refractivity contribution in [2.75, 3.05) is 26.8 Å². The lowest BCUT2D eigenvalue weighted by atomic mass is 9.78.